The molecule has 2 nitrogen and oxygen atoms in total. The molecule has 0 fully saturated rings. The fraction of sp³-hybridized carbons (Fsp3) is 0.294. The van der Waals surface area contributed by atoms with E-state index in [1.807, 2.05) is 42.5 Å². The summed E-state index contributed by atoms with van der Waals surface area (Å²) in [5.74, 6) is 0. The van der Waals surface area contributed by atoms with Gasteiger partial charge in [0, 0.05) is 33.5 Å². The van der Waals surface area contributed by atoms with Gasteiger partial charge in [0.1, 0.15) is 0 Å². The predicted octanol–water partition coefficient (Wildman–Crippen LogP) is 4.09. The lowest BCUT2D eigenvalue weighted by Crippen LogP contribution is -3.05. The summed E-state index contributed by atoms with van der Waals surface area (Å²) < 4.78 is 0. The number of nitrogens with one attached hydrogen (secondary N) is 2. The zero-order valence-electron chi connectivity index (χ0n) is 12.8. The summed E-state index contributed by atoms with van der Waals surface area (Å²) in [6.07, 6.45) is 1.12. The Morgan fingerprint density at radius 1 is 1.05 bits per heavy atom. The Labute approximate surface area is 146 Å². The van der Waals surface area contributed by atoms with Gasteiger partial charge in [0.2, 0.25) is 0 Å². The van der Waals surface area contributed by atoms with Gasteiger partial charge in [-0.2, -0.15) is 0 Å². The van der Waals surface area contributed by atoms with Crippen molar-refractivity contribution in [2.45, 2.75) is 16.2 Å². The Kier molecular flexibility index (Phi) is 6.90. The molecule has 0 atom stereocenters. The van der Waals surface area contributed by atoms with Crippen molar-refractivity contribution in [2.24, 2.45) is 0 Å². The lowest BCUT2D eigenvalue weighted by atomic mass is 10.3. The maximum Gasteiger partial charge on any atom is 0.0783 e. The molecular formula is C17H21Cl2N2S+. The number of rotatable bonds is 7. The summed E-state index contributed by atoms with van der Waals surface area (Å²) in [7, 11) is 4.33. The Bertz CT molecular complexity index is 617. The van der Waals surface area contributed by atoms with Gasteiger partial charge in [-0.1, -0.05) is 47.1 Å². The quantitative estimate of drug-likeness (QED) is 0.727. The highest BCUT2D eigenvalue weighted by Crippen LogP contribution is 2.38. The number of hydrogen-bond acceptors (Lipinski definition) is 2. The summed E-state index contributed by atoms with van der Waals surface area (Å²) in [6, 6.07) is 13.8. The maximum absolute atomic E-state index is 6.25. The third-order valence-electron chi connectivity index (χ3n) is 3.17. The van der Waals surface area contributed by atoms with E-state index in [1.54, 1.807) is 11.8 Å². The van der Waals surface area contributed by atoms with Crippen LogP contribution in [-0.4, -0.2) is 27.2 Å². The van der Waals surface area contributed by atoms with Gasteiger partial charge in [0.25, 0.3) is 0 Å². The standard InChI is InChI=1S/C17H20Cl2N2S/c1-21(2)11-5-10-20-15-12-13(18)8-9-17(15)22-16-7-4-3-6-14(16)19/h3-4,6-9,12,20H,5,10-11H2,1-2H3/p+1. The minimum Gasteiger partial charge on any atom is -0.384 e. The molecule has 118 valence electrons. The Morgan fingerprint density at radius 2 is 1.82 bits per heavy atom. The van der Waals surface area contributed by atoms with Gasteiger partial charge in [0.05, 0.1) is 25.7 Å². The highest BCUT2D eigenvalue weighted by molar-refractivity contribution is 7.99. The topological polar surface area (TPSA) is 16.5 Å². The molecule has 22 heavy (non-hydrogen) atoms. The molecule has 0 radical (unpaired) electrons. The first-order valence-corrected chi connectivity index (χ1v) is 8.88. The van der Waals surface area contributed by atoms with Gasteiger partial charge in [0.15, 0.2) is 0 Å². The molecule has 5 heteroatoms. The van der Waals surface area contributed by atoms with Crippen LogP contribution in [0.3, 0.4) is 0 Å². The predicted molar refractivity (Wildman–Crippen MR) is 97.8 cm³/mol. The lowest BCUT2D eigenvalue weighted by molar-refractivity contribution is -0.858. The van der Waals surface area contributed by atoms with E-state index < -0.39 is 0 Å². The second-order valence-electron chi connectivity index (χ2n) is 5.41. The number of hydrogen-bond donors (Lipinski definition) is 2. The molecule has 2 aromatic carbocycles. The number of benzene rings is 2. The van der Waals surface area contributed by atoms with Crippen molar-refractivity contribution in [1.82, 2.24) is 0 Å². The van der Waals surface area contributed by atoms with E-state index in [0.717, 1.165) is 45.0 Å². The van der Waals surface area contributed by atoms with Crippen LogP contribution < -0.4 is 10.2 Å². The third-order valence-corrected chi connectivity index (χ3v) is 5.00. The smallest absolute Gasteiger partial charge is 0.0783 e. The van der Waals surface area contributed by atoms with Gasteiger partial charge >= 0.3 is 0 Å². The average Bonchev–Trinajstić information content (AvgIpc) is 2.48. The van der Waals surface area contributed by atoms with Gasteiger partial charge in [-0.25, -0.2) is 0 Å². The van der Waals surface area contributed by atoms with Crippen LogP contribution in [0.15, 0.2) is 52.3 Å². The molecule has 2 aromatic rings. The van der Waals surface area contributed by atoms with Crippen molar-refractivity contribution < 1.29 is 4.90 Å². The van der Waals surface area contributed by atoms with Crippen molar-refractivity contribution >= 4 is 40.7 Å². The second-order valence-corrected chi connectivity index (χ2v) is 7.34. The largest absolute Gasteiger partial charge is 0.384 e. The summed E-state index contributed by atoms with van der Waals surface area (Å²) in [5.41, 5.74) is 1.06. The second kappa shape index (κ2) is 8.68. The van der Waals surface area contributed by atoms with Crippen LogP contribution >= 0.6 is 35.0 Å². The van der Waals surface area contributed by atoms with E-state index in [1.165, 1.54) is 4.90 Å². The first-order valence-electron chi connectivity index (χ1n) is 7.31. The number of halogens is 2. The Balaban J connectivity index is 2.09. The highest BCUT2D eigenvalue weighted by Gasteiger charge is 2.08. The monoisotopic (exact) mass is 355 g/mol. The van der Waals surface area contributed by atoms with Crippen LogP contribution in [0.1, 0.15) is 6.42 Å². The Hall–Kier alpha value is -0.870. The van der Waals surface area contributed by atoms with Crippen molar-refractivity contribution in [3.05, 3.63) is 52.5 Å². The minimum atomic E-state index is 0.740. The fourth-order valence-electron chi connectivity index (χ4n) is 2.04. The molecule has 0 aromatic heterocycles. The first kappa shape index (κ1) is 17.5. The molecule has 0 saturated carbocycles. The minimum absolute atomic E-state index is 0.740. The Morgan fingerprint density at radius 3 is 2.55 bits per heavy atom. The van der Waals surface area contributed by atoms with E-state index in [9.17, 15) is 0 Å². The molecule has 2 N–H and O–H groups in total. The fourth-order valence-corrected chi connectivity index (χ4v) is 3.39. The number of quaternary nitrogens is 1. The summed E-state index contributed by atoms with van der Waals surface area (Å²) in [4.78, 5) is 3.64. The third kappa shape index (κ3) is 5.40. The van der Waals surface area contributed by atoms with E-state index in [4.69, 9.17) is 23.2 Å². The molecule has 0 amide bonds. The summed E-state index contributed by atoms with van der Waals surface area (Å²) in [6.45, 7) is 2.07. The SMILES string of the molecule is C[NH+](C)CCCNc1cc(Cl)ccc1Sc1ccccc1Cl. The van der Waals surface area contributed by atoms with Gasteiger partial charge in [-0.3, -0.25) is 0 Å². The zero-order valence-corrected chi connectivity index (χ0v) is 15.2. The van der Waals surface area contributed by atoms with Gasteiger partial charge in [-0.05, 0) is 30.3 Å². The van der Waals surface area contributed by atoms with E-state index in [0.29, 0.717) is 0 Å². The van der Waals surface area contributed by atoms with Crippen LogP contribution in [0.2, 0.25) is 10.0 Å². The van der Waals surface area contributed by atoms with Crippen LogP contribution in [0.4, 0.5) is 5.69 Å². The molecular weight excluding hydrogens is 335 g/mol. The van der Waals surface area contributed by atoms with Crippen molar-refractivity contribution in [3.8, 4) is 0 Å². The van der Waals surface area contributed by atoms with E-state index in [2.05, 4.69) is 19.4 Å². The summed E-state index contributed by atoms with van der Waals surface area (Å²) in [5, 5.41) is 5.00. The van der Waals surface area contributed by atoms with Crippen LogP contribution in [0.25, 0.3) is 0 Å². The van der Waals surface area contributed by atoms with Crippen molar-refractivity contribution in [3.63, 3.8) is 0 Å². The molecule has 0 spiro atoms. The van der Waals surface area contributed by atoms with Crippen molar-refractivity contribution in [2.75, 3.05) is 32.5 Å². The normalized spacial score (nSPS) is 11.0. The van der Waals surface area contributed by atoms with Crippen molar-refractivity contribution in [1.29, 1.82) is 0 Å². The molecule has 0 bridgehead atoms. The zero-order chi connectivity index (χ0) is 15.9. The molecule has 2 rings (SSSR count). The van der Waals surface area contributed by atoms with Crippen LogP contribution in [0.5, 0.6) is 0 Å². The van der Waals surface area contributed by atoms with Gasteiger partial charge in [-0.15, -0.1) is 0 Å². The van der Waals surface area contributed by atoms with E-state index in [-0.39, 0.29) is 0 Å². The molecule has 0 aliphatic rings. The van der Waals surface area contributed by atoms with E-state index >= 15 is 0 Å². The molecule has 0 heterocycles. The molecule has 0 saturated heterocycles. The van der Waals surface area contributed by atoms with Crippen LogP contribution in [0, 0.1) is 0 Å². The average molecular weight is 356 g/mol. The number of anilines is 1. The van der Waals surface area contributed by atoms with Crippen LogP contribution in [-0.2, 0) is 0 Å². The van der Waals surface area contributed by atoms with Gasteiger partial charge < -0.3 is 10.2 Å². The first-order chi connectivity index (χ1) is 10.6. The summed E-state index contributed by atoms with van der Waals surface area (Å²) >= 11 is 14.0. The molecule has 0 aliphatic carbocycles. The highest BCUT2D eigenvalue weighted by atomic mass is 35.5. The maximum atomic E-state index is 6.25. The molecule has 0 unspecified atom stereocenters. The lowest BCUT2D eigenvalue weighted by Gasteiger charge is -2.13. The molecule has 0 aliphatic heterocycles.